The maximum Gasteiger partial charge on any atom is 0.241 e. The van der Waals surface area contributed by atoms with Crippen LogP contribution in [-0.4, -0.2) is 78.4 Å². The molecule has 0 spiro atoms. The number of carbonyl (C=O) groups is 2. The van der Waals surface area contributed by atoms with Gasteiger partial charge in [-0.1, -0.05) is 19.9 Å². The molecule has 6 nitrogen and oxygen atoms in total. The minimum absolute atomic E-state index is 0.140. The summed E-state index contributed by atoms with van der Waals surface area (Å²) in [5, 5.41) is 2.81. The van der Waals surface area contributed by atoms with Gasteiger partial charge in [0.05, 0.1) is 12.6 Å². The van der Waals surface area contributed by atoms with Crippen LogP contribution >= 0.6 is 0 Å². The normalized spacial score (nSPS) is 24.5. The van der Waals surface area contributed by atoms with Crippen LogP contribution in [0, 0.1) is 24.6 Å². The quantitative estimate of drug-likeness (QED) is 0.799. The largest absolute Gasteiger partial charge is 0.341 e. The van der Waals surface area contributed by atoms with Gasteiger partial charge in [0, 0.05) is 45.0 Å². The zero-order valence-electron chi connectivity index (χ0n) is 18.7. The van der Waals surface area contributed by atoms with Crippen molar-refractivity contribution in [3.63, 3.8) is 0 Å². The number of piperidine rings is 1. The maximum absolute atomic E-state index is 13.7. The van der Waals surface area contributed by atoms with Crippen molar-refractivity contribution in [3.05, 3.63) is 29.6 Å². The van der Waals surface area contributed by atoms with Gasteiger partial charge < -0.3 is 10.2 Å². The Balaban J connectivity index is 1.45. The highest BCUT2D eigenvalue weighted by molar-refractivity contribution is 5.94. The average Bonchev–Trinajstić information content (AvgIpc) is 2.70. The van der Waals surface area contributed by atoms with E-state index in [-0.39, 0.29) is 23.7 Å². The molecule has 166 valence electrons. The third kappa shape index (κ3) is 5.79. The highest BCUT2D eigenvalue weighted by Crippen LogP contribution is 2.21. The minimum atomic E-state index is -0.323. The Hall–Kier alpha value is -1.99. The highest BCUT2D eigenvalue weighted by Gasteiger charge is 2.29. The average molecular weight is 419 g/mol. The van der Waals surface area contributed by atoms with Gasteiger partial charge in [0.1, 0.15) is 5.82 Å². The van der Waals surface area contributed by atoms with E-state index in [9.17, 15) is 14.0 Å². The lowest BCUT2D eigenvalue weighted by Crippen LogP contribution is -2.55. The maximum atomic E-state index is 13.7. The fourth-order valence-electron chi connectivity index (χ4n) is 4.55. The summed E-state index contributed by atoms with van der Waals surface area (Å²) in [4.78, 5) is 31.6. The number of anilines is 1. The first-order valence-electron chi connectivity index (χ1n) is 11.0. The van der Waals surface area contributed by atoms with Crippen LogP contribution in [0.1, 0.15) is 32.8 Å². The van der Waals surface area contributed by atoms with Gasteiger partial charge in [0.15, 0.2) is 0 Å². The van der Waals surface area contributed by atoms with Gasteiger partial charge in [0.25, 0.3) is 0 Å². The van der Waals surface area contributed by atoms with Crippen molar-refractivity contribution < 1.29 is 14.0 Å². The third-order valence-corrected chi connectivity index (χ3v) is 6.35. The molecule has 7 heteroatoms. The SMILES string of the molecule is Cc1ccc(NC(=O)[C@H](C)N2CCN(CC(=O)N3C[C@H](C)C[C@H](C)C3)CC2)cc1F. The number of carbonyl (C=O) groups excluding carboxylic acids is 2. The Bertz CT molecular complexity index is 754. The van der Waals surface area contributed by atoms with Crippen LogP contribution in [0.3, 0.4) is 0 Å². The summed E-state index contributed by atoms with van der Waals surface area (Å²) < 4.78 is 13.7. The molecule has 2 aliphatic heterocycles. The monoisotopic (exact) mass is 418 g/mol. The Morgan fingerprint density at radius 1 is 1.13 bits per heavy atom. The zero-order chi connectivity index (χ0) is 21.8. The molecule has 0 aromatic heterocycles. The third-order valence-electron chi connectivity index (χ3n) is 6.35. The van der Waals surface area contributed by atoms with Crippen molar-refractivity contribution in [2.45, 2.75) is 40.2 Å². The Labute approximate surface area is 179 Å². The second kappa shape index (κ2) is 9.88. The van der Waals surface area contributed by atoms with E-state index in [1.54, 1.807) is 19.1 Å². The van der Waals surface area contributed by atoms with Crippen LogP contribution in [0.25, 0.3) is 0 Å². The van der Waals surface area contributed by atoms with Crippen LogP contribution in [0.2, 0.25) is 0 Å². The molecule has 2 heterocycles. The van der Waals surface area contributed by atoms with E-state index >= 15 is 0 Å². The van der Waals surface area contributed by atoms with Gasteiger partial charge in [-0.05, 0) is 49.8 Å². The smallest absolute Gasteiger partial charge is 0.241 e. The lowest BCUT2D eigenvalue weighted by molar-refractivity contribution is -0.136. The Kier molecular flexibility index (Phi) is 7.47. The molecule has 1 aromatic rings. The number of nitrogens with one attached hydrogen (secondary N) is 1. The molecule has 1 aromatic carbocycles. The summed E-state index contributed by atoms with van der Waals surface area (Å²) in [6, 6.07) is 4.42. The number of aryl methyl sites for hydroxylation is 1. The number of halogens is 1. The molecule has 3 atom stereocenters. The molecule has 0 aliphatic carbocycles. The molecule has 3 rings (SSSR count). The Morgan fingerprint density at radius 3 is 2.37 bits per heavy atom. The van der Waals surface area contributed by atoms with Gasteiger partial charge in [-0.25, -0.2) is 4.39 Å². The van der Waals surface area contributed by atoms with Crippen LogP contribution in [-0.2, 0) is 9.59 Å². The number of rotatable bonds is 5. The lowest BCUT2D eigenvalue weighted by Gasteiger charge is -2.39. The number of likely N-dealkylation sites (tertiary alicyclic amines) is 1. The number of benzene rings is 1. The van der Waals surface area contributed by atoms with Crippen LogP contribution in [0.15, 0.2) is 18.2 Å². The van der Waals surface area contributed by atoms with E-state index in [1.165, 1.54) is 12.5 Å². The summed E-state index contributed by atoms with van der Waals surface area (Å²) in [5.41, 5.74) is 1.03. The summed E-state index contributed by atoms with van der Waals surface area (Å²) in [6.45, 7) is 13.2. The molecule has 0 radical (unpaired) electrons. The first-order valence-corrected chi connectivity index (χ1v) is 11.0. The number of hydrogen-bond acceptors (Lipinski definition) is 4. The van der Waals surface area contributed by atoms with Crippen molar-refractivity contribution in [1.82, 2.24) is 14.7 Å². The van der Waals surface area contributed by atoms with E-state index in [0.29, 0.717) is 29.6 Å². The standard InChI is InChI=1S/C23H35FN4O2/c1-16-11-17(2)14-28(13-16)22(29)15-26-7-9-27(10-8-26)19(4)23(30)25-20-6-5-18(3)21(24)12-20/h5-6,12,16-17,19H,7-11,13-15H2,1-4H3,(H,25,30)/t16-,17+,19-/m0/s1. The molecule has 2 aliphatic rings. The van der Waals surface area contributed by atoms with E-state index in [2.05, 4.69) is 29.0 Å². The molecule has 0 unspecified atom stereocenters. The van der Waals surface area contributed by atoms with Gasteiger partial charge in [-0.3, -0.25) is 19.4 Å². The van der Waals surface area contributed by atoms with Gasteiger partial charge in [-0.15, -0.1) is 0 Å². The summed E-state index contributed by atoms with van der Waals surface area (Å²) in [6.07, 6.45) is 1.19. The fraction of sp³-hybridized carbons (Fsp3) is 0.652. The topological polar surface area (TPSA) is 55.9 Å². The molecule has 2 amide bonds. The van der Waals surface area contributed by atoms with E-state index in [0.717, 1.165) is 39.3 Å². The molecule has 2 saturated heterocycles. The first kappa shape index (κ1) is 22.7. The Morgan fingerprint density at radius 2 is 1.77 bits per heavy atom. The molecular weight excluding hydrogens is 383 g/mol. The predicted octanol–water partition coefficient (Wildman–Crippen LogP) is 2.58. The number of amides is 2. The number of piperazine rings is 1. The van der Waals surface area contributed by atoms with Gasteiger partial charge in [0.2, 0.25) is 11.8 Å². The van der Waals surface area contributed by atoms with Crippen molar-refractivity contribution in [3.8, 4) is 0 Å². The number of hydrogen-bond donors (Lipinski definition) is 1. The first-order chi connectivity index (χ1) is 14.2. The predicted molar refractivity (Wildman–Crippen MR) is 117 cm³/mol. The second-order valence-corrected chi connectivity index (χ2v) is 9.19. The molecule has 2 fully saturated rings. The summed E-state index contributed by atoms with van der Waals surface area (Å²) >= 11 is 0. The van der Waals surface area contributed by atoms with E-state index < -0.39 is 0 Å². The van der Waals surface area contributed by atoms with Crippen molar-refractivity contribution in [2.75, 3.05) is 51.1 Å². The van der Waals surface area contributed by atoms with Crippen LogP contribution < -0.4 is 5.32 Å². The molecule has 1 N–H and O–H groups in total. The lowest BCUT2D eigenvalue weighted by atomic mass is 9.92. The molecule has 30 heavy (non-hydrogen) atoms. The highest BCUT2D eigenvalue weighted by atomic mass is 19.1. The van der Waals surface area contributed by atoms with Crippen molar-refractivity contribution in [2.24, 2.45) is 11.8 Å². The molecular formula is C23H35FN4O2. The minimum Gasteiger partial charge on any atom is -0.341 e. The zero-order valence-corrected chi connectivity index (χ0v) is 18.7. The van der Waals surface area contributed by atoms with Crippen molar-refractivity contribution >= 4 is 17.5 Å². The fourth-order valence-corrected chi connectivity index (χ4v) is 4.55. The van der Waals surface area contributed by atoms with Gasteiger partial charge in [-0.2, -0.15) is 0 Å². The molecule has 0 saturated carbocycles. The van der Waals surface area contributed by atoms with Crippen molar-refractivity contribution in [1.29, 1.82) is 0 Å². The van der Waals surface area contributed by atoms with Crippen LogP contribution in [0.4, 0.5) is 10.1 Å². The second-order valence-electron chi connectivity index (χ2n) is 9.19. The molecule has 0 bridgehead atoms. The van der Waals surface area contributed by atoms with E-state index in [1.807, 2.05) is 11.8 Å². The van der Waals surface area contributed by atoms with E-state index in [4.69, 9.17) is 0 Å². The summed E-state index contributed by atoms with van der Waals surface area (Å²) in [5.74, 6) is 0.885. The van der Waals surface area contributed by atoms with Gasteiger partial charge >= 0.3 is 0 Å². The summed E-state index contributed by atoms with van der Waals surface area (Å²) in [7, 11) is 0. The van der Waals surface area contributed by atoms with Crippen LogP contribution in [0.5, 0.6) is 0 Å². The number of nitrogens with zero attached hydrogens (tertiary/aromatic N) is 3.